The molecule has 1 aromatic rings. The number of hydrogen-bond acceptors (Lipinski definition) is 2. The van der Waals surface area contributed by atoms with Gasteiger partial charge in [-0.3, -0.25) is 4.79 Å². The van der Waals surface area contributed by atoms with Gasteiger partial charge >= 0.3 is 6.09 Å². The van der Waals surface area contributed by atoms with Crippen molar-refractivity contribution in [3.63, 3.8) is 0 Å². The minimum absolute atomic E-state index is 0.0841. The van der Waals surface area contributed by atoms with Crippen LogP contribution < -0.4 is 5.32 Å². The van der Waals surface area contributed by atoms with Crippen LogP contribution in [0, 0.1) is 12.3 Å². The van der Waals surface area contributed by atoms with E-state index in [0.717, 1.165) is 0 Å². The molecule has 0 bridgehead atoms. The molecule has 0 saturated carbocycles. The number of carbonyl (C=O) groups is 2. The van der Waals surface area contributed by atoms with Gasteiger partial charge in [-0.05, 0) is 30.9 Å². The minimum atomic E-state index is -0.893. The number of aryl methyl sites for hydroxylation is 1. The quantitative estimate of drug-likeness (QED) is 0.830. The van der Waals surface area contributed by atoms with Gasteiger partial charge in [0.05, 0.1) is 5.41 Å². The number of carbonyl (C=O) groups excluding carboxylic acids is 1. The van der Waals surface area contributed by atoms with Gasteiger partial charge in [-0.15, -0.1) is 0 Å². The Kier molecular flexibility index (Phi) is 3.35. The maximum atomic E-state index is 12.4. The van der Waals surface area contributed by atoms with Crippen LogP contribution in [-0.4, -0.2) is 41.6 Å². The molecule has 2 N–H and O–H groups in total. The Balaban J connectivity index is 1.91. The Labute approximate surface area is 123 Å². The predicted molar refractivity (Wildman–Crippen MR) is 78.2 cm³/mol. The van der Waals surface area contributed by atoms with Crippen LogP contribution in [0.25, 0.3) is 0 Å². The smallest absolute Gasteiger partial charge is 0.407 e. The van der Waals surface area contributed by atoms with Crippen LogP contribution in [0.3, 0.4) is 0 Å². The zero-order valence-electron chi connectivity index (χ0n) is 12.1. The standard InChI is InChI=1S/C16H20N2O3/c1-11-4-2-3-5-12(11)13-10-17-14(19)16(13)6-8-18(9-7-16)15(20)21/h2-5,13H,6-10H2,1H3,(H,17,19)(H,20,21). The maximum absolute atomic E-state index is 12.4. The first-order valence-corrected chi connectivity index (χ1v) is 7.36. The molecule has 0 radical (unpaired) electrons. The molecule has 3 rings (SSSR count). The largest absolute Gasteiger partial charge is 0.465 e. The Morgan fingerprint density at radius 3 is 2.62 bits per heavy atom. The van der Waals surface area contributed by atoms with E-state index in [0.29, 0.717) is 32.5 Å². The van der Waals surface area contributed by atoms with E-state index < -0.39 is 11.5 Å². The molecule has 0 aliphatic carbocycles. The molecule has 1 unspecified atom stereocenters. The van der Waals surface area contributed by atoms with Crippen molar-refractivity contribution in [2.24, 2.45) is 5.41 Å². The predicted octanol–water partition coefficient (Wildman–Crippen LogP) is 1.97. The number of benzene rings is 1. The number of piperidine rings is 1. The lowest BCUT2D eigenvalue weighted by molar-refractivity contribution is -0.130. The summed E-state index contributed by atoms with van der Waals surface area (Å²) in [5.41, 5.74) is 1.96. The molecule has 112 valence electrons. The SMILES string of the molecule is Cc1ccccc1C1CNC(=O)C12CCN(C(=O)O)CC2. The van der Waals surface area contributed by atoms with Gasteiger partial charge in [-0.1, -0.05) is 24.3 Å². The van der Waals surface area contributed by atoms with Crippen LogP contribution in [-0.2, 0) is 4.79 Å². The molecule has 21 heavy (non-hydrogen) atoms. The number of nitrogens with zero attached hydrogens (tertiary/aromatic N) is 1. The maximum Gasteiger partial charge on any atom is 0.407 e. The highest BCUT2D eigenvalue weighted by Crippen LogP contribution is 2.48. The third-order valence-corrected chi connectivity index (χ3v) is 5.08. The van der Waals surface area contributed by atoms with Crippen LogP contribution in [0.2, 0.25) is 0 Å². The van der Waals surface area contributed by atoms with Gasteiger partial charge < -0.3 is 15.3 Å². The molecule has 2 amide bonds. The van der Waals surface area contributed by atoms with Gasteiger partial charge in [0.15, 0.2) is 0 Å². The lowest BCUT2D eigenvalue weighted by Gasteiger charge is -2.40. The summed E-state index contributed by atoms with van der Waals surface area (Å²) in [6.07, 6.45) is 0.310. The summed E-state index contributed by atoms with van der Waals surface area (Å²) in [5, 5.41) is 12.1. The lowest BCUT2D eigenvalue weighted by atomic mass is 9.67. The van der Waals surface area contributed by atoms with Crippen LogP contribution >= 0.6 is 0 Å². The van der Waals surface area contributed by atoms with Crippen molar-refractivity contribution in [2.45, 2.75) is 25.7 Å². The van der Waals surface area contributed by atoms with Crippen molar-refractivity contribution in [3.05, 3.63) is 35.4 Å². The fraction of sp³-hybridized carbons (Fsp3) is 0.500. The molecule has 2 heterocycles. The summed E-state index contributed by atoms with van der Waals surface area (Å²) < 4.78 is 0. The monoisotopic (exact) mass is 288 g/mol. The molecule has 0 aromatic heterocycles. The zero-order chi connectivity index (χ0) is 15.0. The first-order chi connectivity index (χ1) is 10.0. The molecular weight excluding hydrogens is 268 g/mol. The zero-order valence-corrected chi connectivity index (χ0v) is 12.1. The highest BCUT2D eigenvalue weighted by Gasteiger charge is 2.52. The summed E-state index contributed by atoms with van der Waals surface area (Å²) in [7, 11) is 0. The number of amides is 2. The summed E-state index contributed by atoms with van der Waals surface area (Å²) in [5.74, 6) is 0.225. The Bertz CT molecular complexity index is 577. The number of nitrogens with one attached hydrogen (secondary N) is 1. The molecule has 2 aliphatic rings. The minimum Gasteiger partial charge on any atom is -0.465 e. The summed E-state index contributed by atoms with van der Waals surface area (Å²) in [6.45, 7) is 3.59. The molecule has 2 fully saturated rings. The van der Waals surface area contributed by atoms with Gasteiger partial charge in [0, 0.05) is 25.6 Å². The Morgan fingerprint density at radius 2 is 2.00 bits per heavy atom. The second kappa shape index (κ2) is 5.06. The van der Waals surface area contributed by atoms with Crippen LogP contribution in [0.1, 0.15) is 29.9 Å². The topological polar surface area (TPSA) is 69.6 Å². The van der Waals surface area contributed by atoms with Crippen LogP contribution in [0.5, 0.6) is 0 Å². The van der Waals surface area contributed by atoms with E-state index in [2.05, 4.69) is 24.4 Å². The second-order valence-electron chi connectivity index (χ2n) is 6.04. The van der Waals surface area contributed by atoms with E-state index in [1.165, 1.54) is 16.0 Å². The average molecular weight is 288 g/mol. The van der Waals surface area contributed by atoms with Gasteiger partial charge in [0.1, 0.15) is 0 Å². The summed E-state index contributed by atoms with van der Waals surface area (Å²) >= 11 is 0. The number of likely N-dealkylation sites (tertiary alicyclic amines) is 1. The summed E-state index contributed by atoms with van der Waals surface area (Å²) in [6, 6.07) is 8.16. The fourth-order valence-electron chi connectivity index (χ4n) is 3.78. The van der Waals surface area contributed by atoms with E-state index >= 15 is 0 Å². The lowest BCUT2D eigenvalue weighted by Crippen LogP contribution is -2.47. The van der Waals surface area contributed by atoms with Crippen molar-refractivity contribution in [3.8, 4) is 0 Å². The Morgan fingerprint density at radius 1 is 1.33 bits per heavy atom. The van der Waals surface area contributed by atoms with Gasteiger partial charge in [-0.25, -0.2) is 4.79 Å². The molecule has 1 spiro atoms. The second-order valence-corrected chi connectivity index (χ2v) is 6.04. The van der Waals surface area contributed by atoms with Crippen LogP contribution in [0.15, 0.2) is 24.3 Å². The molecule has 1 aromatic carbocycles. The normalized spacial score (nSPS) is 24.1. The first-order valence-electron chi connectivity index (χ1n) is 7.36. The van der Waals surface area contributed by atoms with E-state index in [-0.39, 0.29) is 11.8 Å². The van der Waals surface area contributed by atoms with Crippen molar-refractivity contribution in [1.82, 2.24) is 10.2 Å². The van der Waals surface area contributed by atoms with Gasteiger partial charge in [-0.2, -0.15) is 0 Å². The molecule has 5 nitrogen and oxygen atoms in total. The average Bonchev–Trinajstić information content (AvgIpc) is 2.77. The van der Waals surface area contributed by atoms with E-state index in [1.807, 2.05) is 12.1 Å². The fourth-order valence-corrected chi connectivity index (χ4v) is 3.78. The molecule has 5 heteroatoms. The molecule has 2 aliphatic heterocycles. The van der Waals surface area contributed by atoms with Crippen molar-refractivity contribution in [2.75, 3.05) is 19.6 Å². The van der Waals surface area contributed by atoms with Crippen molar-refractivity contribution in [1.29, 1.82) is 0 Å². The highest BCUT2D eigenvalue weighted by molar-refractivity contribution is 5.87. The van der Waals surface area contributed by atoms with Crippen molar-refractivity contribution < 1.29 is 14.7 Å². The molecular formula is C16H20N2O3. The van der Waals surface area contributed by atoms with Crippen molar-refractivity contribution >= 4 is 12.0 Å². The summed E-state index contributed by atoms with van der Waals surface area (Å²) in [4.78, 5) is 24.9. The van der Waals surface area contributed by atoms with E-state index in [1.54, 1.807) is 0 Å². The number of carboxylic acid groups (broad SMARTS) is 1. The van der Waals surface area contributed by atoms with Gasteiger partial charge in [0.25, 0.3) is 0 Å². The molecule has 2 saturated heterocycles. The number of rotatable bonds is 1. The van der Waals surface area contributed by atoms with Crippen LogP contribution in [0.4, 0.5) is 4.79 Å². The number of hydrogen-bond donors (Lipinski definition) is 2. The molecule has 1 atom stereocenters. The van der Waals surface area contributed by atoms with Gasteiger partial charge in [0.2, 0.25) is 5.91 Å². The van der Waals surface area contributed by atoms with E-state index in [9.17, 15) is 9.59 Å². The third kappa shape index (κ3) is 2.17. The highest BCUT2D eigenvalue weighted by atomic mass is 16.4. The third-order valence-electron chi connectivity index (χ3n) is 5.08. The Hall–Kier alpha value is -2.04. The first kappa shape index (κ1) is 13.9. The van der Waals surface area contributed by atoms with E-state index in [4.69, 9.17) is 5.11 Å².